The van der Waals surface area contributed by atoms with Gasteiger partial charge in [-0.25, -0.2) is 0 Å². The van der Waals surface area contributed by atoms with Crippen molar-refractivity contribution >= 4 is 5.91 Å². The summed E-state index contributed by atoms with van der Waals surface area (Å²) in [6.45, 7) is 8.30. The highest BCUT2D eigenvalue weighted by molar-refractivity contribution is 5.78. The highest BCUT2D eigenvalue weighted by Gasteiger charge is 2.24. The number of hydrogen-bond acceptors (Lipinski definition) is 4. The van der Waals surface area contributed by atoms with Crippen LogP contribution < -0.4 is 5.32 Å². The van der Waals surface area contributed by atoms with Gasteiger partial charge in [-0.3, -0.25) is 4.79 Å². The molecule has 0 saturated carbocycles. The van der Waals surface area contributed by atoms with E-state index >= 15 is 0 Å². The fourth-order valence-electron chi connectivity index (χ4n) is 2.50. The number of ether oxygens (including phenoxy) is 2. The maximum absolute atomic E-state index is 11.5. The fourth-order valence-corrected chi connectivity index (χ4v) is 2.50. The van der Waals surface area contributed by atoms with E-state index in [0.717, 1.165) is 38.9 Å². The Hall–Kier alpha value is -0.650. The first-order chi connectivity index (χ1) is 9.21. The van der Waals surface area contributed by atoms with Gasteiger partial charge >= 0.3 is 0 Å². The Morgan fingerprint density at radius 2 is 1.84 bits per heavy atom. The number of piperidine rings is 1. The molecule has 0 atom stereocenters. The van der Waals surface area contributed by atoms with E-state index in [1.807, 2.05) is 13.8 Å². The van der Waals surface area contributed by atoms with Crippen LogP contribution in [0.15, 0.2) is 0 Å². The van der Waals surface area contributed by atoms with Crippen molar-refractivity contribution in [2.45, 2.75) is 39.4 Å². The topological polar surface area (TPSA) is 50.8 Å². The van der Waals surface area contributed by atoms with E-state index in [0.29, 0.717) is 13.2 Å². The average Bonchev–Trinajstić information content (AvgIpc) is 2.45. The van der Waals surface area contributed by atoms with Crippen LogP contribution in [0.3, 0.4) is 0 Å². The Morgan fingerprint density at radius 3 is 2.32 bits per heavy atom. The van der Waals surface area contributed by atoms with Crippen molar-refractivity contribution < 1.29 is 14.3 Å². The third-order valence-corrected chi connectivity index (χ3v) is 3.59. The van der Waals surface area contributed by atoms with Crippen LogP contribution in [0.25, 0.3) is 0 Å². The van der Waals surface area contributed by atoms with E-state index in [1.54, 1.807) is 7.05 Å². The highest BCUT2D eigenvalue weighted by Crippen LogP contribution is 2.17. The summed E-state index contributed by atoms with van der Waals surface area (Å²) in [5.74, 6) is 0.372. The number of carbonyl (C=O) groups is 1. The Morgan fingerprint density at radius 1 is 1.26 bits per heavy atom. The zero-order chi connectivity index (χ0) is 14.1. The van der Waals surface area contributed by atoms with Gasteiger partial charge in [0.25, 0.3) is 0 Å². The predicted octanol–water partition coefficient (Wildman–Crippen LogP) is 1.23. The molecule has 1 aliphatic rings. The molecule has 0 radical (unpaired) electrons. The summed E-state index contributed by atoms with van der Waals surface area (Å²) in [5.41, 5.74) is 0. The lowest BCUT2D eigenvalue weighted by atomic mass is 9.96. The van der Waals surface area contributed by atoms with E-state index in [-0.39, 0.29) is 18.1 Å². The van der Waals surface area contributed by atoms with Crippen LogP contribution in [-0.4, -0.2) is 57.0 Å². The van der Waals surface area contributed by atoms with Gasteiger partial charge in [-0.15, -0.1) is 0 Å². The van der Waals surface area contributed by atoms with E-state index in [4.69, 9.17) is 9.47 Å². The number of hydrogen-bond donors (Lipinski definition) is 1. The van der Waals surface area contributed by atoms with Gasteiger partial charge in [0.05, 0.1) is 0 Å². The number of likely N-dealkylation sites (tertiary alicyclic amines) is 1. The van der Waals surface area contributed by atoms with Crippen molar-refractivity contribution in [3.8, 4) is 0 Å². The van der Waals surface area contributed by atoms with Crippen LogP contribution in [0.4, 0.5) is 0 Å². The van der Waals surface area contributed by atoms with Crippen molar-refractivity contribution in [1.29, 1.82) is 0 Å². The Kier molecular flexibility index (Phi) is 8.02. The van der Waals surface area contributed by atoms with Gasteiger partial charge in [0.1, 0.15) is 0 Å². The van der Waals surface area contributed by atoms with Gasteiger partial charge in [0, 0.05) is 39.1 Å². The molecule has 1 rings (SSSR count). The lowest BCUT2D eigenvalue weighted by Crippen LogP contribution is -2.40. The summed E-state index contributed by atoms with van der Waals surface area (Å²) < 4.78 is 11.1. The van der Waals surface area contributed by atoms with Crippen LogP contribution in [0.5, 0.6) is 0 Å². The lowest BCUT2D eigenvalue weighted by molar-refractivity contribution is -0.142. The van der Waals surface area contributed by atoms with Crippen LogP contribution in [-0.2, 0) is 14.3 Å². The molecule has 5 heteroatoms. The largest absolute Gasteiger partial charge is 0.359 e. The second kappa shape index (κ2) is 9.28. The molecule has 0 spiro atoms. The van der Waals surface area contributed by atoms with E-state index in [1.165, 1.54) is 0 Å². The van der Waals surface area contributed by atoms with Crippen molar-refractivity contribution in [2.75, 3.05) is 39.9 Å². The van der Waals surface area contributed by atoms with Gasteiger partial charge in [0.2, 0.25) is 5.91 Å². The lowest BCUT2D eigenvalue weighted by Gasteiger charge is -2.31. The maximum Gasteiger partial charge on any atom is 0.222 e. The summed E-state index contributed by atoms with van der Waals surface area (Å²) in [6, 6.07) is 0. The second-order valence-electron chi connectivity index (χ2n) is 4.86. The number of amides is 1. The molecule has 0 aliphatic carbocycles. The molecule has 0 unspecified atom stereocenters. The molecular formula is C14H28N2O3. The molecule has 0 aromatic rings. The molecule has 1 amide bonds. The summed E-state index contributed by atoms with van der Waals surface area (Å²) >= 11 is 0. The highest BCUT2D eigenvalue weighted by atomic mass is 16.7. The van der Waals surface area contributed by atoms with Crippen LogP contribution >= 0.6 is 0 Å². The monoisotopic (exact) mass is 272 g/mol. The van der Waals surface area contributed by atoms with E-state index in [9.17, 15) is 4.79 Å². The molecule has 19 heavy (non-hydrogen) atoms. The molecule has 0 aromatic carbocycles. The smallest absolute Gasteiger partial charge is 0.222 e. The number of carbonyl (C=O) groups excluding carboxylic acids is 1. The molecule has 1 fully saturated rings. The van der Waals surface area contributed by atoms with Gasteiger partial charge in [0.15, 0.2) is 6.29 Å². The predicted molar refractivity (Wildman–Crippen MR) is 74.9 cm³/mol. The van der Waals surface area contributed by atoms with Crippen molar-refractivity contribution in [2.24, 2.45) is 5.92 Å². The number of nitrogens with one attached hydrogen (secondary N) is 1. The molecule has 0 bridgehead atoms. The third kappa shape index (κ3) is 5.89. The van der Waals surface area contributed by atoms with Crippen LogP contribution in [0.2, 0.25) is 0 Å². The minimum absolute atomic E-state index is 0.0911. The summed E-state index contributed by atoms with van der Waals surface area (Å²) in [4.78, 5) is 13.9. The first-order valence-electron chi connectivity index (χ1n) is 7.38. The van der Waals surface area contributed by atoms with Gasteiger partial charge in [-0.2, -0.15) is 0 Å². The third-order valence-electron chi connectivity index (χ3n) is 3.59. The molecule has 5 nitrogen and oxygen atoms in total. The van der Waals surface area contributed by atoms with Gasteiger partial charge in [-0.05, 0) is 39.8 Å². The normalized spacial score (nSPS) is 17.9. The van der Waals surface area contributed by atoms with Gasteiger partial charge in [-0.1, -0.05) is 0 Å². The number of rotatable bonds is 8. The molecule has 0 aromatic heterocycles. The first-order valence-corrected chi connectivity index (χ1v) is 7.38. The Balaban J connectivity index is 2.22. The zero-order valence-corrected chi connectivity index (χ0v) is 12.5. The van der Waals surface area contributed by atoms with Crippen molar-refractivity contribution in [3.05, 3.63) is 0 Å². The molecule has 1 saturated heterocycles. The summed E-state index contributed by atoms with van der Waals surface area (Å²) in [6.07, 6.45) is 2.71. The van der Waals surface area contributed by atoms with E-state index in [2.05, 4.69) is 10.2 Å². The zero-order valence-electron chi connectivity index (χ0n) is 12.5. The minimum Gasteiger partial charge on any atom is -0.359 e. The molecule has 1 N–H and O–H groups in total. The Labute approximate surface area is 116 Å². The number of nitrogens with zero attached hydrogens (tertiary/aromatic N) is 1. The maximum atomic E-state index is 11.5. The summed E-state index contributed by atoms with van der Waals surface area (Å²) in [7, 11) is 1.71. The van der Waals surface area contributed by atoms with Crippen LogP contribution in [0, 0.1) is 5.92 Å². The Bertz CT molecular complexity index is 247. The van der Waals surface area contributed by atoms with Crippen molar-refractivity contribution in [3.63, 3.8) is 0 Å². The fraction of sp³-hybridized carbons (Fsp3) is 0.929. The molecule has 1 aliphatic heterocycles. The second-order valence-corrected chi connectivity index (χ2v) is 4.86. The van der Waals surface area contributed by atoms with Gasteiger partial charge < -0.3 is 19.7 Å². The van der Waals surface area contributed by atoms with E-state index < -0.39 is 0 Å². The average molecular weight is 272 g/mol. The van der Waals surface area contributed by atoms with Crippen molar-refractivity contribution in [1.82, 2.24) is 10.2 Å². The molecular weight excluding hydrogens is 244 g/mol. The SMILES string of the molecule is CCOC(CCN1CCC(C(=O)NC)CC1)OCC. The van der Waals surface area contributed by atoms with Crippen LogP contribution in [0.1, 0.15) is 33.1 Å². The minimum atomic E-state index is -0.0911. The standard InChI is InChI=1S/C14H28N2O3/c1-4-18-13(19-5-2)8-11-16-9-6-12(7-10-16)14(17)15-3/h12-13H,4-11H2,1-3H3,(H,15,17). The first kappa shape index (κ1) is 16.4. The molecule has 112 valence electrons. The molecule has 1 heterocycles. The quantitative estimate of drug-likeness (QED) is 0.675. The summed E-state index contributed by atoms with van der Waals surface area (Å²) in [5, 5.41) is 2.74.